The molecule has 2 atom stereocenters. The van der Waals surface area contributed by atoms with E-state index in [9.17, 15) is 18.4 Å². The first-order valence-electron chi connectivity index (χ1n) is 9.05. The molecule has 6 nitrogen and oxygen atoms in total. The van der Waals surface area contributed by atoms with E-state index in [1.54, 1.807) is 13.0 Å². The third kappa shape index (κ3) is 4.11. The van der Waals surface area contributed by atoms with Crippen LogP contribution in [0.2, 0.25) is 0 Å². The van der Waals surface area contributed by atoms with E-state index in [0.717, 1.165) is 18.6 Å². The Bertz CT molecular complexity index is 919. The number of aryl methyl sites for hydroxylation is 1. The summed E-state index contributed by atoms with van der Waals surface area (Å²) in [5.74, 6) is -2.93. The summed E-state index contributed by atoms with van der Waals surface area (Å²) in [7, 11) is 0. The number of piperidine rings is 1. The van der Waals surface area contributed by atoms with E-state index in [0.29, 0.717) is 35.6 Å². The molecule has 0 saturated carbocycles. The lowest BCUT2D eigenvalue weighted by Crippen LogP contribution is -2.46. The van der Waals surface area contributed by atoms with Gasteiger partial charge in [-0.15, -0.1) is 0 Å². The average molecular weight is 388 g/mol. The van der Waals surface area contributed by atoms with Gasteiger partial charge >= 0.3 is 11.8 Å². The van der Waals surface area contributed by atoms with Crippen molar-refractivity contribution in [2.24, 2.45) is 5.92 Å². The molecule has 0 spiro atoms. The third-order valence-corrected chi connectivity index (χ3v) is 4.98. The first-order valence-corrected chi connectivity index (χ1v) is 9.05. The second-order valence-electron chi connectivity index (χ2n) is 7.21. The van der Waals surface area contributed by atoms with Crippen LogP contribution in [0.1, 0.15) is 36.9 Å². The molecule has 1 aromatic carbocycles. The molecule has 0 unspecified atom stereocenters. The maximum Gasteiger partial charge on any atom is 0.313 e. The van der Waals surface area contributed by atoms with Crippen LogP contribution in [0.15, 0.2) is 30.5 Å². The van der Waals surface area contributed by atoms with Gasteiger partial charge in [-0.3, -0.25) is 9.59 Å². The van der Waals surface area contributed by atoms with Gasteiger partial charge in [0.1, 0.15) is 5.82 Å². The number of hydrogen-bond donors (Lipinski definition) is 2. The highest BCUT2D eigenvalue weighted by atomic mass is 19.2. The van der Waals surface area contributed by atoms with Crippen molar-refractivity contribution in [2.45, 2.75) is 32.7 Å². The van der Waals surface area contributed by atoms with Crippen molar-refractivity contribution in [1.29, 1.82) is 0 Å². The van der Waals surface area contributed by atoms with Crippen LogP contribution >= 0.6 is 0 Å². The number of benzene rings is 1. The van der Waals surface area contributed by atoms with Gasteiger partial charge in [-0.25, -0.2) is 13.8 Å². The molecule has 2 heterocycles. The Labute approximate surface area is 161 Å². The molecule has 3 rings (SSSR count). The highest BCUT2D eigenvalue weighted by molar-refractivity contribution is 6.39. The number of nitrogens with two attached hydrogens (primary N) is 1. The number of carbonyl (C=O) groups excluding carboxylic acids is 2. The molecule has 0 aliphatic carbocycles. The highest BCUT2D eigenvalue weighted by Crippen LogP contribution is 2.34. The van der Waals surface area contributed by atoms with Crippen LogP contribution in [-0.4, -0.2) is 28.2 Å². The second kappa shape index (κ2) is 7.92. The van der Waals surface area contributed by atoms with E-state index in [1.807, 2.05) is 6.92 Å². The average Bonchev–Trinajstić information content (AvgIpc) is 2.66. The smallest absolute Gasteiger partial charge is 0.313 e. The molecule has 1 fully saturated rings. The van der Waals surface area contributed by atoms with E-state index in [1.165, 1.54) is 17.2 Å². The van der Waals surface area contributed by atoms with Gasteiger partial charge in [0.2, 0.25) is 0 Å². The fourth-order valence-electron chi connectivity index (χ4n) is 3.41. The summed E-state index contributed by atoms with van der Waals surface area (Å²) in [5, 5.41) is 2.53. The number of amides is 2. The normalized spacial score (nSPS) is 19.4. The van der Waals surface area contributed by atoms with Crippen molar-refractivity contribution in [3.8, 4) is 0 Å². The van der Waals surface area contributed by atoms with Gasteiger partial charge in [-0.05, 0) is 55.0 Å². The first-order chi connectivity index (χ1) is 13.3. The van der Waals surface area contributed by atoms with Crippen LogP contribution in [0.25, 0.3) is 0 Å². The van der Waals surface area contributed by atoms with Gasteiger partial charge in [0.25, 0.3) is 0 Å². The Kier molecular flexibility index (Phi) is 5.58. The van der Waals surface area contributed by atoms with Crippen molar-refractivity contribution in [3.63, 3.8) is 0 Å². The largest absolute Gasteiger partial charge is 0.383 e. The van der Waals surface area contributed by atoms with Crippen LogP contribution in [0, 0.1) is 24.5 Å². The van der Waals surface area contributed by atoms with Crippen LogP contribution in [-0.2, 0) is 9.59 Å². The Morgan fingerprint density at radius 1 is 1.21 bits per heavy atom. The second-order valence-corrected chi connectivity index (χ2v) is 7.21. The lowest BCUT2D eigenvalue weighted by Gasteiger charge is -2.38. The zero-order valence-corrected chi connectivity index (χ0v) is 15.7. The van der Waals surface area contributed by atoms with Crippen LogP contribution in [0.3, 0.4) is 0 Å². The number of pyridine rings is 1. The standard InChI is InChI=1S/C20H22F2N4O2/c1-11-3-6-17(13-4-5-15(21)16(22)8-13)26(10-11)20(28)19(27)25-14-7-12(2)18(23)24-9-14/h4-5,7-9,11,17H,3,6,10H2,1-2H3,(H2,23,24)(H,25,27)/t11-,17+/m1/s1. The quantitative estimate of drug-likeness (QED) is 0.774. The molecular weight excluding hydrogens is 366 g/mol. The van der Waals surface area contributed by atoms with Gasteiger partial charge in [0.15, 0.2) is 11.6 Å². The molecule has 1 aliphatic rings. The summed E-state index contributed by atoms with van der Waals surface area (Å²) in [6, 6.07) is 4.70. The molecule has 2 aromatic rings. The number of anilines is 2. The molecule has 28 heavy (non-hydrogen) atoms. The number of aromatic nitrogens is 1. The molecule has 8 heteroatoms. The zero-order chi connectivity index (χ0) is 20.4. The maximum atomic E-state index is 13.7. The van der Waals surface area contributed by atoms with Gasteiger partial charge in [0, 0.05) is 6.54 Å². The van der Waals surface area contributed by atoms with E-state index >= 15 is 0 Å². The van der Waals surface area contributed by atoms with Gasteiger partial charge in [-0.1, -0.05) is 13.0 Å². The minimum atomic E-state index is -0.976. The predicted molar refractivity (Wildman–Crippen MR) is 101 cm³/mol. The van der Waals surface area contributed by atoms with Crippen molar-refractivity contribution < 1.29 is 18.4 Å². The number of nitrogens with zero attached hydrogens (tertiary/aromatic N) is 2. The molecule has 0 bridgehead atoms. The summed E-state index contributed by atoms with van der Waals surface area (Å²) in [6.07, 6.45) is 2.75. The molecule has 3 N–H and O–H groups in total. The van der Waals surface area contributed by atoms with Crippen LogP contribution in [0.4, 0.5) is 20.3 Å². The minimum absolute atomic E-state index is 0.193. The molecule has 1 aliphatic heterocycles. The molecule has 0 radical (unpaired) electrons. The van der Waals surface area contributed by atoms with Gasteiger partial charge in [0.05, 0.1) is 17.9 Å². The van der Waals surface area contributed by atoms with Crippen molar-refractivity contribution in [2.75, 3.05) is 17.6 Å². The van der Waals surface area contributed by atoms with Crippen molar-refractivity contribution in [3.05, 3.63) is 53.2 Å². The van der Waals surface area contributed by atoms with E-state index < -0.39 is 29.5 Å². The molecular formula is C20H22F2N4O2. The molecule has 2 amide bonds. The Hall–Kier alpha value is -3.03. The first kappa shape index (κ1) is 19.7. The molecule has 1 saturated heterocycles. The van der Waals surface area contributed by atoms with Gasteiger partial charge < -0.3 is 16.0 Å². The van der Waals surface area contributed by atoms with E-state index in [4.69, 9.17) is 5.73 Å². The zero-order valence-electron chi connectivity index (χ0n) is 15.7. The topological polar surface area (TPSA) is 88.3 Å². The Morgan fingerprint density at radius 2 is 1.96 bits per heavy atom. The van der Waals surface area contributed by atoms with E-state index in [-0.39, 0.29) is 5.92 Å². The summed E-state index contributed by atoms with van der Waals surface area (Å²) in [4.78, 5) is 30.7. The summed E-state index contributed by atoms with van der Waals surface area (Å²) < 4.78 is 27.0. The fraction of sp³-hybridized carbons (Fsp3) is 0.350. The number of likely N-dealkylation sites (tertiary alicyclic amines) is 1. The highest BCUT2D eigenvalue weighted by Gasteiger charge is 2.34. The number of carbonyl (C=O) groups is 2. The molecule has 148 valence electrons. The van der Waals surface area contributed by atoms with Crippen LogP contribution in [0.5, 0.6) is 0 Å². The fourth-order valence-corrected chi connectivity index (χ4v) is 3.41. The van der Waals surface area contributed by atoms with Crippen molar-refractivity contribution >= 4 is 23.3 Å². The monoisotopic (exact) mass is 388 g/mol. The Balaban J connectivity index is 1.82. The molecule has 1 aromatic heterocycles. The maximum absolute atomic E-state index is 13.7. The number of rotatable bonds is 2. The lowest BCUT2D eigenvalue weighted by molar-refractivity contribution is -0.146. The number of hydrogen-bond acceptors (Lipinski definition) is 4. The summed E-state index contributed by atoms with van der Waals surface area (Å²) in [6.45, 7) is 4.08. The third-order valence-electron chi connectivity index (χ3n) is 4.98. The lowest BCUT2D eigenvalue weighted by atomic mass is 9.89. The minimum Gasteiger partial charge on any atom is -0.383 e. The van der Waals surface area contributed by atoms with Gasteiger partial charge in [-0.2, -0.15) is 0 Å². The number of nitrogens with one attached hydrogen (secondary N) is 1. The van der Waals surface area contributed by atoms with Crippen molar-refractivity contribution in [1.82, 2.24) is 9.88 Å². The van der Waals surface area contributed by atoms with E-state index in [2.05, 4.69) is 10.3 Å². The van der Waals surface area contributed by atoms with Crippen LogP contribution < -0.4 is 11.1 Å². The summed E-state index contributed by atoms with van der Waals surface area (Å²) >= 11 is 0. The predicted octanol–water partition coefficient (Wildman–Crippen LogP) is 3.19. The number of nitrogen functional groups attached to an aromatic ring is 1. The summed E-state index contributed by atoms with van der Waals surface area (Å²) in [5.41, 5.74) is 7.17. The SMILES string of the molecule is Cc1cc(NC(=O)C(=O)N2C[C@H](C)CC[C@H]2c2ccc(F)c(F)c2)cnc1N. The number of halogens is 2. The Morgan fingerprint density at radius 3 is 2.64 bits per heavy atom.